The molecule has 7 nitrogen and oxygen atoms in total. The smallest absolute Gasteiger partial charge is 0.261 e. The molecular formula is C27H33N3O4. The molecule has 0 spiro atoms. The maximum Gasteiger partial charge on any atom is 0.261 e. The standard InChI is InChI=1S/C27H33N3O4/c1-32-21-9-11-25(34-3)20(14-21)7-12-26-29-24-10-8-22(33-2)15-23(24)27(31)30(26)17-19-6-4-5-18(13-19)16-28/h7-12,14-15,18-19H,4-6,13,16-17,28H2,1-3H3/b12-7+. The highest BCUT2D eigenvalue weighted by molar-refractivity contribution is 5.81. The largest absolute Gasteiger partial charge is 0.497 e. The van der Waals surface area contributed by atoms with E-state index < -0.39 is 0 Å². The summed E-state index contributed by atoms with van der Waals surface area (Å²) < 4.78 is 18.0. The molecule has 0 radical (unpaired) electrons. The number of rotatable bonds is 8. The summed E-state index contributed by atoms with van der Waals surface area (Å²) in [5, 5.41) is 0.557. The van der Waals surface area contributed by atoms with Crippen molar-refractivity contribution in [1.82, 2.24) is 9.55 Å². The zero-order chi connectivity index (χ0) is 24.1. The molecule has 1 heterocycles. The van der Waals surface area contributed by atoms with E-state index in [0.29, 0.717) is 47.4 Å². The van der Waals surface area contributed by atoms with Gasteiger partial charge >= 0.3 is 0 Å². The summed E-state index contributed by atoms with van der Waals surface area (Å²) in [4.78, 5) is 18.5. The van der Waals surface area contributed by atoms with Gasteiger partial charge in [-0.25, -0.2) is 4.98 Å². The second-order valence-corrected chi connectivity index (χ2v) is 8.84. The van der Waals surface area contributed by atoms with Gasteiger partial charge in [0.1, 0.15) is 23.1 Å². The molecule has 0 saturated heterocycles. The van der Waals surface area contributed by atoms with E-state index in [4.69, 9.17) is 24.9 Å². The van der Waals surface area contributed by atoms with E-state index in [0.717, 1.165) is 42.7 Å². The number of hydrogen-bond donors (Lipinski definition) is 1. The van der Waals surface area contributed by atoms with Gasteiger partial charge in [-0.1, -0.05) is 6.42 Å². The van der Waals surface area contributed by atoms with Crippen molar-refractivity contribution >= 4 is 23.1 Å². The molecule has 2 unspecified atom stereocenters. The average Bonchev–Trinajstić information content (AvgIpc) is 2.89. The van der Waals surface area contributed by atoms with Crippen molar-refractivity contribution in [2.45, 2.75) is 32.2 Å². The van der Waals surface area contributed by atoms with E-state index >= 15 is 0 Å². The van der Waals surface area contributed by atoms with Crippen LogP contribution in [0.5, 0.6) is 17.2 Å². The van der Waals surface area contributed by atoms with Gasteiger partial charge < -0.3 is 19.9 Å². The Bertz CT molecular complexity index is 1230. The molecule has 2 atom stereocenters. The Labute approximate surface area is 200 Å². The second kappa shape index (κ2) is 10.7. The Morgan fingerprint density at radius 3 is 2.47 bits per heavy atom. The predicted octanol–water partition coefficient (Wildman–Crippen LogP) is 4.36. The maximum atomic E-state index is 13.6. The Morgan fingerprint density at radius 2 is 1.74 bits per heavy atom. The zero-order valence-electron chi connectivity index (χ0n) is 20.1. The third-order valence-corrected chi connectivity index (χ3v) is 6.71. The van der Waals surface area contributed by atoms with Gasteiger partial charge in [0.2, 0.25) is 0 Å². The van der Waals surface area contributed by atoms with Crippen LogP contribution in [0.25, 0.3) is 23.1 Å². The molecule has 3 aromatic rings. The predicted molar refractivity (Wildman–Crippen MR) is 136 cm³/mol. The lowest BCUT2D eigenvalue weighted by Gasteiger charge is -2.29. The Morgan fingerprint density at radius 1 is 1.00 bits per heavy atom. The minimum Gasteiger partial charge on any atom is -0.497 e. The van der Waals surface area contributed by atoms with Gasteiger partial charge in [-0.2, -0.15) is 0 Å². The minimum atomic E-state index is -0.0592. The van der Waals surface area contributed by atoms with E-state index in [1.807, 2.05) is 42.5 Å². The first-order chi connectivity index (χ1) is 16.6. The number of benzene rings is 2. The van der Waals surface area contributed by atoms with Gasteiger partial charge in [0.15, 0.2) is 0 Å². The molecule has 0 bridgehead atoms. The SMILES string of the molecule is COc1ccc(OC)c(/C=C/c2nc3ccc(OC)cc3c(=O)n2CC2CCCC(CN)C2)c1. The van der Waals surface area contributed by atoms with Crippen molar-refractivity contribution in [1.29, 1.82) is 0 Å². The summed E-state index contributed by atoms with van der Waals surface area (Å²) in [6.07, 6.45) is 8.22. The third-order valence-electron chi connectivity index (χ3n) is 6.71. The summed E-state index contributed by atoms with van der Waals surface area (Å²) in [5.74, 6) is 3.61. The lowest BCUT2D eigenvalue weighted by Crippen LogP contribution is -2.31. The van der Waals surface area contributed by atoms with Crippen LogP contribution in [0.1, 0.15) is 37.1 Å². The molecule has 0 aliphatic heterocycles. The van der Waals surface area contributed by atoms with Crippen molar-refractivity contribution in [3.05, 3.63) is 58.1 Å². The minimum absolute atomic E-state index is 0.0592. The van der Waals surface area contributed by atoms with Crippen LogP contribution in [0.3, 0.4) is 0 Å². The van der Waals surface area contributed by atoms with Crippen LogP contribution in [-0.2, 0) is 6.54 Å². The zero-order valence-corrected chi connectivity index (χ0v) is 20.1. The first kappa shape index (κ1) is 23.8. The first-order valence-electron chi connectivity index (χ1n) is 11.7. The molecule has 180 valence electrons. The van der Waals surface area contributed by atoms with Crippen LogP contribution in [0.4, 0.5) is 0 Å². The number of fused-ring (bicyclic) bond motifs is 1. The van der Waals surface area contributed by atoms with Crippen LogP contribution < -0.4 is 25.5 Å². The maximum absolute atomic E-state index is 13.6. The second-order valence-electron chi connectivity index (χ2n) is 8.84. The molecule has 7 heteroatoms. The Kier molecular flexibility index (Phi) is 7.53. The van der Waals surface area contributed by atoms with Gasteiger partial charge in [-0.05, 0) is 86.2 Å². The first-order valence-corrected chi connectivity index (χ1v) is 11.7. The summed E-state index contributed by atoms with van der Waals surface area (Å²) >= 11 is 0. The molecule has 1 saturated carbocycles. The van der Waals surface area contributed by atoms with Gasteiger partial charge in [0.05, 0.1) is 32.2 Å². The molecular weight excluding hydrogens is 430 g/mol. The van der Waals surface area contributed by atoms with E-state index in [9.17, 15) is 4.79 Å². The number of nitrogens with two attached hydrogens (primary N) is 1. The van der Waals surface area contributed by atoms with Crippen molar-refractivity contribution in [3.63, 3.8) is 0 Å². The molecule has 4 rings (SSSR count). The van der Waals surface area contributed by atoms with Crippen LogP contribution in [-0.4, -0.2) is 37.4 Å². The monoisotopic (exact) mass is 463 g/mol. The van der Waals surface area contributed by atoms with Crippen molar-refractivity contribution in [3.8, 4) is 17.2 Å². The Balaban J connectivity index is 1.79. The average molecular weight is 464 g/mol. The van der Waals surface area contributed by atoms with Crippen LogP contribution in [0.15, 0.2) is 41.2 Å². The van der Waals surface area contributed by atoms with Gasteiger partial charge in [0, 0.05) is 12.1 Å². The number of ether oxygens (including phenoxy) is 3. The van der Waals surface area contributed by atoms with E-state index in [1.54, 1.807) is 32.0 Å². The number of hydrogen-bond acceptors (Lipinski definition) is 6. The fourth-order valence-corrected chi connectivity index (χ4v) is 4.82. The number of aromatic nitrogens is 2. The highest BCUT2D eigenvalue weighted by atomic mass is 16.5. The topological polar surface area (TPSA) is 88.6 Å². The van der Waals surface area contributed by atoms with Gasteiger partial charge in [0.25, 0.3) is 5.56 Å². The summed E-state index contributed by atoms with van der Waals surface area (Å²) in [5.41, 5.74) is 7.39. The van der Waals surface area contributed by atoms with E-state index in [2.05, 4.69) is 0 Å². The molecule has 34 heavy (non-hydrogen) atoms. The molecule has 1 aliphatic rings. The van der Waals surface area contributed by atoms with Crippen molar-refractivity contribution in [2.24, 2.45) is 17.6 Å². The lowest BCUT2D eigenvalue weighted by molar-refractivity contribution is 0.245. The van der Waals surface area contributed by atoms with Crippen molar-refractivity contribution < 1.29 is 14.2 Å². The molecule has 2 aromatic carbocycles. The highest BCUT2D eigenvalue weighted by Gasteiger charge is 2.23. The van der Waals surface area contributed by atoms with Crippen LogP contribution >= 0.6 is 0 Å². The highest BCUT2D eigenvalue weighted by Crippen LogP contribution is 2.30. The number of methoxy groups -OCH3 is 3. The fourth-order valence-electron chi connectivity index (χ4n) is 4.82. The van der Waals surface area contributed by atoms with Gasteiger partial charge in [-0.3, -0.25) is 9.36 Å². The quantitative estimate of drug-likeness (QED) is 0.534. The fraction of sp³-hybridized carbons (Fsp3) is 0.407. The normalized spacial score (nSPS) is 18.4. The molecule has 1 aliphatic carbocycles. The van der Waals surface area contributed by atoms with Crippen molar-refractivity contribution in [2.75, 3.05) is 27.9 Å². The van der Waals surface area contributed by atoms with Gasteiger partial charge in [-0.15, -0.1) is 0 Å². The lowest BCUT2D eigenvalue weighted by atomic mass is 9.81. The summed E-state index contributed by atoms with van der Waals surface area (Å²) in [7, 11) is 4.86. The third kappa shape index (κ3) is 5.09. The summed E-state index contributed by atoms with van der Waals surface area (Å²) in [6.45, 7) is 1.31. The van der Waals surface area contributed by atoms with Crippen LogP contribution in [0, 0.1) is 11.8 Å². The number of nitrogens with zero attached hydrogens (tertiary/aromatic N) is 2. The molecule has 2 N–H and O–H groups in total. The van der Waals surface area contributed by atoms with Crippen LogP contribution in [0.2, 0.25) is 0 Å². The Hall–Kier alpha value is -3.32. The van der Waals surface area contributed by atoms with E-state index in [-0.39, 0.29) is 5.56 Å². The molecule has 1 aromatic heterocycles. The van der Waals surface area contributed by atoms with E-state index in [1.165, 1.54) is 0 Å². The molecule has 0 amide bonds. The summed E-state index contributed by atoms with van der Waals surface area (Å²) in [6, 6.07) is 11.0. The molecule has 1 fully saturated rings.